The molecule has 2 rings (SSSR count). The van der Waals surface area contributed by atoms with Crippen molar-refractivity contribution in [1.29, 1.82) is 0 Å². The quantitative estimate of drug-likeness (QED) is 0.857. The number of fused-ring (bicyclic) bond motifs is 1. The maximum absolute atomic E-state index is 11.1. The van der Waals surface area contributed by atoms with Crippen molar-refractivity contribution in [3.8, 4) is 0 Å². The van der Waals surface area contributed by atoms with Gasteiger partial charge in [0.05, 0.1) is 18.5 Å². The first-order chi connectivity index (χ1) is 9.79. The molecule has 0 aliphatic carbocycles. The molecule has 7 heteroatoms. The van der Waals surface area contributed by atoms with E-state index < -0.39 is 0 Å². The highest BCUT2D eigenvalue weighted by molar-refractivity contribution is 7.18. The van der Waals surface area contributed by atoms with E-state index in [1.807, 2.05) is 32.6 Å². The van der Waals surface area contributed by atoms with Crippen LogP contribution in [0, 0.1) is 13.8 Å². The smallest absolute Gasteiger partial charge is 0.231 e. The summed E-state index contributed by atoms with van der Waals surface area (Å²) >= 11 is 7.91. The van der Waals surface area contributed by atoms with Gasteiger partial charge in [-0.15, -0.1) is 11.3 Å². The molecule has 0 radical (unpaired) electrons. The summed E-state index contributed by atoms with van der Waals surface area (Å²) in [5.74, 6) is 0.252. The minimum absolute atomic E-state index is 0.169. The number of nitrogens with zero attached hydrogens (tertiary/aromatic N) is 3. The van der Waals surface area contributed by atoms with Crippen molar-refractivity contribution in [2.24, 2.45) is 5.73 Å². The normalized spacial score (nSPS) is 11.8. The molecule has 2 heterocycles. The molecule has 0 atom stereocenters. The third-order valence-corrected chi connectivity index (χ3v) is 4.84. The summed E-state index contributed by atoms with van der Waals surface area (Å²) in [5, 5.41) is 1.40. The predicted octanol–water partition coefficient (Wildman–Crippen LogP) is 2.66. The van der Waals surface area contributed by atoms with E-state index in [-0.39, 0.29) is 18.5 Å². The monoisotopic (exact) mass is 326 g/mol. The van der Waals surface area contributed by atoms with Crippen molar-refractivity contribution in [1.82, 2.24) is 14.9 Å². The number of nitrogens with two attached hydrogens (primary N) is 1. The van der Waals surface area contributed by atoms with Gasteiger partial charge >= 0.3 is 0 Å². The maximum atomic E-state index is 11.1. The Balaban J connectivity index is 2.36. The topological polar surface area (TPSA) is 72.1 Å². The molecular weight excluding hydrogens is 308 g/mol. The Hall–Kier alpha value is -1.24. The van der Waals surface area contributed by atoms with Gasteiger partial charge in [0.1, 0.15) is 15.8 Å². The molecule has 5 nitrogen and oxygen atoms in total. The first-order valence-electron chi connectivity index (χ1n) is 6.74. The molecule has 0 spiro atoms. The van der Waals surface area contributed by atoms with Crippen LogP contribution in [0.25, 0.3) is 10.2 Å². The number of rotatable bonds is 5. The van der Waals surface area contributed by atoms with E-state index in [1.54, 1.807) is 11.3 Å². The van der Waals surface area contributed by atoms with Gasteiger partial charge in [-0.05, 0) is 33.3 Å². The number of carbonyl (C=O) groups excluding carboxylic acids is 1. The third-order valence-electron chi connectivity index (χ3n) is 3.46. The average Bonchev–Trinajstić information content (AvgIpc) is 2.63. The van der Waals surface area contributed by atoms with E-state index >= 15 is 0 Å². The van der Waals surface area contributed by atoms with Crippen LogP contribution in [0.15, 0.2) is 0 Å². The highest BCUT2D eigenvalue weighted by atomic mass is 35.5. The van der Waals surface area contributed by atoms with Crippen molar-refractivity contribution in [3.63, 3.8) is 0 Å². The van der Waals surface area contributed by atoms with Gasteiger partial charge in [0, 0.05) is 10.9 Å². The number of thiophene rings is 1. The fraction of sp³-hybridized carbons (Fsp3) is 0.500. The first-order valence-corrected chi connectivity index (χ1v) is 7.93. The number of carbonyl (C=O) groups is 1. The van der Waals surface area contributed by atoms with E-state index in [0.29, 0.717) is 17.5 Å². The van der Waals surface area contributed by atoms with E-state index in [0.717, 1.165) is 15.8 Å². The Morgan fingerprint density at radius 3 is 2.62 bits per heavy atom. The van der Waals surface area contributed by atoms with Crippen LogP contribution in [0.1, 0.15) is 30.1 Å². The predicted molar refractivity (Wildman–Crippen MR) is 86.6 cm³/mol. The molecule has 1 amide bonds. The van der Waals surface area contributed by atoms with Crippen molar-refractivity contribution >= 4 is 39.1 Å². The van der Waals surface area contributed by atoms with Gasteiger partial charge in [0.25, 0.3) is 0 Å². The SMILES string of the molecule is Cc1sc2nc(CN(CC(N)=O)C(C)C)nc(Cl)c2c1C. The zero-order valence-corrected chi connectivity index (χ0v) is 14.2. The van der Waals surface area contributed by atoms with Gasteiger partial charge in [-0.1, -0.05) is 11.6 Å². The largest absolute Gasteiger partial charge is 0.369 e. The summed E-state index contributed by atoms with van der Waals surface area (Å²) in [7, 11) is 0. The molecular formula is C14H19ClN4OS. The Labute approximate surface area is 133 Å². The van der Waals surface area contributed by atoms with Gasteiger partial charge < -0.3 is 5.73 Å². The van der Waals surface area contributed by atoms with Crippen LogP contribution in [0.2, 0.25) is 5.15 Å². The molecule has 2 aromatic rings. The number of amides is 1. The molecule has 2 N–H and O–H groups in total. The van der Waals surface area contributed by atoms with E-state index in [1.165, 1.54) is 4.88 Å². The minimum atomic E-state index is -0.362. The molecule has 21 heavy (non-hydrogen) atoms. The van der Waals surface area contributed by atoms with Gasteiger partial charge in [-0.2, -0.15) is 0 Å². The van der Waals surface area contributed by atoms with Crippen LogP contribution in [0.5, 0.6) is 0 Å². The lowest BCUT2D eigenvalue weighted by Gasteiger charge is -2.23. The molecule has 0 unspecified atom stereocenters. The Morgan fingerprint density at radius 1 is 1.38 bits per heavy atom. The zero-order valence-electron chi connectivity index (χ0n) is 12.6. The number of hydrogen-bond acceptors (Lipinski definition) is 5. The fourth-order valence-electron chi connectivity index (χ4n) is 2.12. The molecule has 0 aliphatic rings. The van der Waals surface area contributed by atoms with Crippen LogP contribution in [0.3, 0.4) is 0 Å². The minimum Gasteiger partial charge on any atom is -0.369 e. The summed E-state index contributed by atoms with van der Waals surface area (Å²) in [5.41, 5.74) is 6.41. The molecule has 0 fully saturated rings. The number of primary amides is 1. The Bertz CT molecular complexity index is 683. The van der Waals surface area contributed by atoms with Crippen LogP contribution < -0.4 is 5.73 Å². The standard InChI is InChI=1S/C14H19ClN4OS/c1-7(2)19(5-10(16)20)6-11-17-13(15)12-8(3)9(4)21-14(12)18-11/h7H,5-6H2,1-4H3,(H2,16,20). The fourth-order valence-corrected chi connectivity index (χ4v) is 3.55. The van der Waals surface area contributed by atoms with Crippen molar-refractivity contribution < 1.29 is 4.79 Å². The second-order valence-electron chi connectivity index (χ2n) is 5.36. The van der Waals surface area contributed by atoms with Crippen molar-refractivity contribution in [2.75, 3.05) is 6.54 Å². The second-order valence-corrected chi connectivity index (χ2v) is 6.92. The number of hydrogen-bond donors (Lipinski definition) is 1. The van der Waals surface area contributed by atoms with Gasteiger partial charge in [-0.3, -0.25) is 9.69 Å². The van der Waals surface area contributed by atoms with Gasteiger partial charge in [-0.25, -0.2) is 9.97 Å². The summed E-state index contributed by atoms with van der Waals surface area (Å²) in [4.78, 5) is 24.1. The molecule has 0 bridgehead atoms. The lowest BCUT2D eigenvalue weighted by Crippen LogP contribution is -2.38. The van der Waals surface area contributed by atoms with E-state index in [9.17, 15) is 4.79 Å². The zero-order chi connectivity index (χ0) is 15.7. The van der Waals surface area contributed by atoms with Gasteiger partial charge in [0.15, 0.2) is 0 Å². The van der Waals surface area contributed by atoms with E-state index in [4.69, 9.17) is 17.3 Å². The first kappa shape index (κ1) is 16.1. The second kappa shape index (κ2) is 6.25. The van der Waals surface area contributed by atoms with Crippen LogP contribution in [-0.2, 0) is 11.3 Å². The summed E-state index contributed by atoms with van der Waals surface area (Å²) in [6.07, 6.45) is 0. The lowest BCUT2D eigenvalue weighted by atomic mass is 10.2. The average molecular weight is 327 g/mol. The number of aryl methyl sites for hydroxylation is 2. The summed E-state index contributed by atoms with van der Waals surface area (Å²) in [6, 6.07) is 0.169. The molecule has 0 saturated heterocycles. The molecule has 0 aliphatic heterocycles. The molecule has 114 valence electrons. The summed E-state index contributed by atoms with van der Waals surface area (Å²) < 4.78 is 0. The number of aromatic nitrogens is 2. The Kier molecular flexibility index (Phi) is 4.81. The Morgan fingerprint density at radius 2 is 2.05 bits per heavy atom. The van der Waals surface area contributed by atoms with Crippen LogP contribution in [0.4, 0.5) is 0 Å². The summed E-state index contributed by atoms with van der Waals surface area (Å²) in [6.45, 7) is 8.71. The van der Waals surface area contributed by atoms with Crippen molar-refractivity contribution in [2.45, 2.75) is 40.3 Å². The maximum Gasteiger partial charge on any atom is 0.231 e. The van der Waals surface area contributed by atoms with Crippen molar-refractivity contribution in [3.05, 3.63) is 21.4 Å². The van der Waals surface area contributed by atoms with E-state index in [2.05, 4.69) is 9.97 Å². The highest BCUT2D eigenvalue weighted by Crippen LogP contribution is 2.33. The van der Waals surface area contributed by atoms with Gasteiger partial charge in [0.2, 0.25) is 5.91 Å². The molecule has 0 saturated carbocycles. The molecule has 2 aromatic heterocycles. The van der Waals surface area contributed by atoms with Crippen LogP contribution >= 0.6 is 22.9 Å². The van der Waals surface area contributed by atoms with Crippen LogP contribution in [-0.4, -0.2) is 33.4 Å². The third kappa shape index (κ3) is 3.51. The lowest BCUT2D eigenvalue weighted by molar-refractivity contribution is -0.119. The molecule has 0 aromatic carbocycles. The highest BCUT2D eigenvalue weighted by Gasteiger charge is 2.17. The number of halogens is 1.